The van der Waals surface area contributed by atoms with Crippen molar-refractivity contribution < 1.29 is 13.9 Å². The van der Waals surface area contributed by atoms with Crippen molar-refractivity contribution in [2.24, 2.45) is 5.92 Å². The van der Waals surface area contributed by atoms with Crippen molar-refractivity contribution in [2.45, 2.75) is 39.7 Å². The average molecular weight is 298 g/mol. The topological polar surface area (TPSA) is 76.1 Å². The summed E-state index contributed by atoms with van der Waals surface area (Å²) in [4.78, 5) is 19.7. The van der Waals surface area contributed by atoms with Crippen LogP contribution in [-0.2, 0) is 9.53 Å². The minimum atomic E-state index is -0.640. The highest BCUT2D eigenvalue weighted by molar-refractivity contribution is 5.78. The van der Waals surface area contributed by atoms with Gasteiger partial charge < -0.3 is 15.4 Å². The van der Waals surface area contributed by atoms with E-state index in [0.29, 0.717) is 18.9 Å². The van der Waals surface area contributed by atoms with Gasteiger partial charge in [-0.05, 0) is 18.8 Å². The van der Waals surface area contributed by atoms with E-state index in [4.69, 9.17) is 4.74 Å². The van der Waals surface area contributed by atoms with Crippen molar-refractivity contribution in [1.82, 2.24) is 9.97 Å². The fraction of sp³-hybridized carbons (Fsp3) is 0.643. The maximum absolute atomic E-state index is 13.8. The molecule has 1 rings (SSSR count). The van der Waals surface area contributed by atoms with Crippen LogP contribution >= 0.6 is 0 Å². The Bertz CT molecular complexity index is 468. The highest BCUT2D eigenvalue weighted by atomic mass is 19.1. The zero-order valence-corrected chi connectivity index (χ0v) is 12.9. The Kier molecular flexibility index (Phi) is 6.84. The lowest BCUT2D eigenvalue weighted by Crippen LogP contribution is -2.33. The number of anilines is 2. The monoisotopic (exact) mass is 298 g/mol. The van der Waals surface area contributed by atoms with Crippen molar-refractivity contribution >= 4 is 17.7 Å². The number of carbonyl (C=O) groups excluding carboxylic acids is 1. The molecule has 0 spiro atoms. The summed E-state index contributed by atoms with van der Waals surface area (Å²) < 4.78 is 18.5. The summed E-state index contributed by atoms with van der Waals surface area (Å²) in [5, 5.41) is 5.78. The van der Waals surface area contributed by atoms with Crippen LogP contribution < -0.4 is 10.6 Å². The first-order chi connectivity index (χ1) is 9.97. The van der Waals surface area contributed by atoms with Gasteiger partial charge in [0.1, 0.15) is 6.04 Å². The second kappa shape index (κ2) is 8.39. The number of ether oxygens (including phenoxy) is 1. The Balaban J connectivity index is 2.88. The van der Waals surface area contributed by atoms with Crippen molar-refractivity contribution in [3.8, 4) is 0 Å². The van der Waals surface area contributed by atoms with Gasteiger partial charge in [0.15, 0.2) is 11.6 Å². The highest BCUT2D eigenvalue weighted by Crippen LogP contribution is 2.16. The third kappa shape index (κ3) is 5.53. The lowest BCUT2D eigenvalue weighted by atomic mass is 10.0. The number of carbonyl (C=O) groups is 1. The van der Waals surface area contributed by atoms with Crippen molar-refractivity contribution in [2.75, 3.05) is 24.3 Å². The third-order valence-corrected chi connectivity index (χ3v) is 2.78. The third-order valence-electron chi connectivity index (χ3n) is 2.78. The van der Waals surface area contributed by atoms with Gasteiger partial charge in [0.05, 0.1) is 13.3 Å². The Labute approximate surface area is 124 Å². The van der Waals surface area contributed by atoms with Crippen molar-refractivity contribution in [3.63, 3.8) is 0 Å². The second-order valence-corrected chi connectivity index (χ2v) is 5.17. The normalized spacial score (nSPS) is 12.1. The van der Waals surface area contributed by atoms with Crippen LogP contribution in [0.1, 0.15) is 33.6 Å². The number of hydrogen-bond acceptors (Lipinski definition) is 6. The molecule has 1 unspecified atom stereocenters. The molecule has 1 atom stereocenters. The molecule has 1 heterocycles. The number of aromatic nitrogens is 2. The van der Waals surface area contributed by atoms with E-state index in [2.05, 4.69) is 20.6 Å². The summed E-state index contributed by atoms with van der Waals surface area (Å²) in [7, 11) is 1.31. The molecular formula is C14H23FN4O2. The molecule has 1 aromatic heterocycles. The largest absolute Gasteiger partial charge is 0.467 e. The quantitative estimate of drug-likeness (QED) is 0.718. The van der Waals surface area contributed by atoms with E-state index < -0.39 is 17.8 Å². The molecule has 0 radical (unpaired) electrons. The first kappa shape index (κ1) is 17.1. The van der Waals surface area contributed by atoms with E-state index >= 15 is 0 Å². The SMILES string of the molecule is CCCNc1ncc(F)c(NC(CC(C)C)C(=O)OC)n1. The van der Waals surface area contributed by atoms with Crippen LogP contribution in [0.3, 0.4) is 0 Å². The maximum Gasteiger partial charge on any atom is 0.328 e. The molecule has 0 fully saturated rings. The molecule has 118 valence electrons. The van der Waals surface area contributed by atoms with Gasteiger partial charge in [-0.2, -0.15) is 4.98 Å². The van der Waals surface area contributed by atoms with Gasteiger partial charge >= 0.3 is 5.97 Å². The first-order valence-corrected chi connectivity index (χ1v) is 7.08. The summed E-state index contributed by atoms with van der Waals surface area (Å²) in [6, 6.07) is -0.640. The molecule has 2 N–H and O–H groups in total. The van der Waals surface area contributed by atoms with Crippen molar-refractivity contribution in [1.29, 1.82) is 0 Å². The second-order valence-electron chi connectivity index (χ2n) is 5.17. The van der Waals surface area contributed by atoms with Gasteiger partial charge in [-0.1, -0.05) is 20.8 Å². The van der Waals surface area contributed by atoms with Crippen LogP contribution in [0.2, 0.25) is 0 Å². The smallest absolute Gasteiger partial charge is 0.328 e. The fourth-order valence-corrected chi connectivity index (χ4v) is 1.78. The number of halogens is 1. The molecule has 0 amide bonds. The van der Waals surface area contributed by atoms with E-state index in [9.17, 15) is 9.18 Å². The van der Waals surface area contributed by atoms with E-state index in [1.54, 1.807) is 0 Å². The molecule has 0 saturated carbocycles. The molecule has 1 aromatic rings. The predicted molar refractivity (Wildman–Crippen MR) is 79.7 cm³/mol. The molecule has 21 heavy (non-hydrogen) atoms. The van der Waals surface area contributed by atoms with Gasteiger partial charge in [-0.3, -0.25) is 0 Å². The molecule has 0 aliphatic carbocycles. The number of methoxy groups -OCH3 is 1. The number of nitrogens with one attached hydrogen (secondary N) is 2. The lowest BCUT2D eigenvalue weighted by molar-refractivity contribution is -0.141. The summed E-state index contributed by atoms with van der Waals surface area (Å²) in [6.45, 7) is 6.65. The maximum atomic E-state index is 13.8. The van der Waals surface area contributed by atoms with Crippen LogP contribution in [0.25, 0.3) is 0 Å². The molecule has 0 saturated heterocycles. The summed E-state index contributed by atoms with van der Waals surface area (Å²) >= 11 is 0. The minimum absolute atomic E-state index is 0.000321. The minimum Gasteiger partial charge on any atom is -0.467 e. The average Bonchev–Trinajstić information content (AvgIpc) is 2.45. The zero-order valence-electron chi connectivity index (χ0n) is 12.9. The Morgan fingerprint density at radius 3 is 2.76 bits per heavy atom. The van der Waals surface area contributed by atoms with E-state index in [1.807, 2.05) is 20.8 Å². The standard InChI is InChI=1S/C14H23FN4O2/c1-5-6-16-14-17-8-10(15)12(19-14)18-11(7-9(2)3)13(20)21-4/h8-9,11H,5-7H2,1-4H3,(H2,16,17,18,19). The molecule has 6 nitrogen and oxygen atoms in total. The van der Waals surface area contributed by atoms with E-state index in [-0.39, 0.29) is 11.7 Å². The van der Waals surface area contributed by atoms with Crippen molar-refractivity contribution in [3.05, 3.63) is 12.0 Å². The Morgan fingerprint density at radius 2 is 2.19 bits per heavy atom. The molecule has 0 aliphatic rings. The van der Waals surface area contributed by atoms with Crippen LogP contribution in [-0.4, -0.2) is 35.6 Å². The van der Waals surface area contributed by atoms with Gasteiger partial charge in [-0.15, -0.1) is 0 Å². The van der Waals surface area contributed by atoms with Crippen LogP contribution in [0.4, 0.5) is 16.2 Å². The fourth-order valence-electron chi connectivity index (χ4n) is 1.78. The van der Waals surface area contributed by atoms with Crippen LogP contribution in [0.5, 0.6) is 0 Å². The highest BCUT2D eigenvalue weighted by Gasteiger charge is 2.22. The van der Waals surface area contributed by atoms with Gasteiger partial charge in [0, 0.05) is 6.54 Å². The number of hydrogen-bond donors (Lipinski definition) is 2. The van der Waals surface area contributed by atoms with Crippen LogP contribution in [0, 0.1) is 11.7 Å². The molecule has 0 bridgehead atoms. The summed E-state index contributed by atoms with van der Waals surface area (Å²) in [5.74, 6) is -0.461. The predicted octanol–water partition coefficient (Wildman–Crippen LogP) is 2.44. The number of nitrogens with zero attached hydrogens (tertiary/aromatic N) is 2. The van der Waals surface area contributed by atoms with Gasteiger partial charge in [0.2, 0.25) is 5.95 Å². The lowest BCUT2D eigenvalue weighted by Gasteiger charge is -2.19. The number of rotatable bonds is 8. The Hall–Kier alpha value is -1.92. The number of esters is 1. The van der Waals surface area contributed by atoms with Gasteiger partial charge in [0.25, 0.3) is 0 Å². The summed E-state index contributed by atoms with van der Waals surface area (Å²) in [5.41, 5.74) is 0. The molecule has 0 aromatic carbocycles. The van der Waals surface area contributed by atoms with Crippen LogP contribution in [0.15, 0.2) is 6.20 Å². The summed E-state index contributed by atoms with van der Waals surface area (Å²) in [6.07, 6.45) is 2.51. The Morgan fingerprint density at radius 1 is 1.48 bits per heavy atom. The molecular weight excluding hydrogens is 275 g/mol. The zero-order chi connectivity index (χ0) is 15.8. The van der Waals surface area contributed by atoms with E-state index in [1.165, 1.54) is 7.11 Å². The molecule has 7 heteroatoms. The molecule has 0 aliphatic heterocycles. The van der Waals surface area contributed by atoms with E-state index in [0.717, 1.165) is 12.6 Å². The first-order valence-electron chi connectivity index (χ1n) is 7.08. The van der Waals surface area contributed by atoms with Gasteiger partial charge in [-0.25, -0.2) is 14.2 Å².